The van der Waals surface area contributed by atoms with Crippen molar-refractivity contribution in [2.75, 3.05) is 52.6 Å². The van der Waals surface area contributed by atoms with Gasteiger partial charge in [-0.3, -0.25) is 9.59 Å². The van der Waals surface area contributed by atoms with Crippen LogP contribution in [-0.4, -0.2) is 91.6 Å². The lowest BCUT2D eigenvalue weighted by atomic mass is 10.0. The number of nitrogens with zero attached hydrogens (tertiary/aromatic N) is 5. The fourth-order valence-corrected chi connectivity index (χ4v) is 6.21. The zero-order valence-corrected chi connectivity index (χ0v) is 24.5. The molecule has 41 heavy (non-hydrogen) atoms. The molecule has 2 aliphatic heterocycles. The maximum Gasteiger partial charge on any atom is 0.387 e. The van der Waals surface area contributed by atoms with E-state index in [4.69, 9.17) is 16.3 Å². The minimum absolute atomic E-state index is 0.0772. The molecule has 0 bridgehead atoms. The molecular weight excluding hydrogens is 574 g/mol. The highest BCUT2D eigenvalue weighted by Gasteiger charge is 2.41. The smallest absolute Gasteiger partial charge is 0.387 e. The molecule has 0 radical (unpaired) electrons. The number of fused-ring (bicyclic) bond motifs is 1. The van der Waals surface area contributed by atoms with Crippen LogP contribution in [0.15, 0.2) is 59.9 Å². The maximum atomic E-state index is 13.6. The number of carbonyl (C=O) groups excluding carboxylic acids is 2. The molecule has 218 valence electrons. The Labute approximate surface area is 246 Å². The van der Waals surface area contributed by atoms with Gasteiger partial charge in [0.2, 0.25) is 0 Å². The summed E-state index contributed by atoms with van der Waals surface area (Å²) in [4.78, 5) is 41.5. The Bertz CT molecular complexity index is 1400. The van der Waals surface area contributed by atoms with Crippen molar-refractivity contribution in [3.05, 3.63) is 64.9 Å². The Hall–Kier alpha value is -3.61. The van der Waals surface area contributed by atoms with Gasteiger partial charge in [-0.1, -0.05) is 48.2 Å². The van der Waals surface area contributed by atoms with E-state index < -0.39 is 12.5 Å². The maximum absolute atomic E-state index is 13.6. The van der Waals surface area contributed by atoms with Crippen LogP contribution in [0.25, 0.3) is 11.3 Å². The average Bonchev–Trinajstić information content (AvgIpc) is 3.59. The minimum Gasteiger partial charge on any atom is -0.434 e. The molecule has 2 atom stereocenters. The molecule has 1 N–H and O–H groups in total. The van der Waals surface area contributed by atoms with Crippen LogP contribution in [0.1, 0.15) is 9.80 Å². The lowest BCUT2D eigenvalue weighted by Gasteiger charge is -2.18. The number of hydrogen-bond acceptors (Lipinski definition) is 8. The van der Waals surface area contributed by atoms with Crippen LogP contribution in [0.4, 0.5) is 13.8 Å². The van der Waals surface area contributed by atoms with E-state index in [-0.39, 0.29) is 43.5 Å². The predicted molar refractivity (Wildman–Crippen MR) is 158 cm³/mol. The van der Waals surface area contributed by atoms with Crippen LogP contribution in [0.3, 0.4) is 0 Å². The van der Waals surface area contributed by atoms with Gasteiger partial charge in [0, 0.05) is 57.1 Å². The van der Waals surface area contributed by atoms with Crippen molar-refractivity contribution in [3.63, 3.8) is 0 Å². The number of aromatic nitrogens is 1. The molecule has 0 saturated carbocycles. The first-order valence-corrected chi connectivity index (χ1v) is 14.0. The number of benzene rings is 1. The third-order valence-electron chi connectivity index (χ3n) is 6.82. The van der Waals surface area contributed by atoms with Gasteiger partial charge in [-0.15, -0.1) is 0 Å². The first kappa shape index (κ1) is 30.4. The summed E-state index contributed by atoms with van der Waals surface area (Å²) in [5.41, 5.74) is 0.310. The van der Waals surface area contributed by atoms with Gasteiger partial charge in [0.15, 0.2) is 5.01 Å². The number of rotatable bonds is 10. The number of ether oxygens (including phenoxy) is 1. The zero-order valence-electron chi connectivity index (χ0n) is 22.9. The second-order valence-corrected chi connectivity index (χ2v) is 11.4. The van der Waals surface area contributed by atoms with E-state index in [0.717, 1.165) is 24.4 Å². The monoisotopic (exact) mass is 604 g/mol. The highest BCUT2D eigenvalue weighted by molar-refractivity contribution is 7.18. The molecule has 2 amide bonds. The van der Waals surface area contributed by atoms with E-state index in [1.54, 1.807) is 23.9 Å². The number of alkyl halides is 2. The molecule has 1 aromatic heterocycles. The number of halogens is 3. The fraction of sp³-hybridized carbons (Fsp3) is 0.357. The molecule has 2 saturated heterocycles. The molecule has 0 spiro atoms. The molecule has 3 heterocycles. The second-order valence-electron chi connectivity index (χ2n) is 9.97. The normalized spacial score (nSPS) is 19.3. The molecule has 13 heteroatoms. The van der Waals surface area contributed by atoms with E-state index in [9.17, 15) is 18.4 Å². The molecule has 2 fully saturated rings. The van der Waals surface area contributed by atoms with Gasteiger partial charge in [0.05, 0.1) is 5.57 Å². The Kier molecular flexibility index (Phi) is 9.57. The van der Waals surface area contributed by atoms with E-state index >= 15 is 0 Å². The van der Waals surface area contributed by atoms with Gasteiger partial charge in [-0.25, -0.2) is 9.98 Å². The second kappa shape index (κ2) is 12.9. The molecule has 0 aliphatic carbocycles. The van der Waals surface area contributed by atoms with Crippen molar-refractivity contribution in [2.45, 2.75) is 6.61 Å². The van der Waals surface area contributed by atoms with E-state index in [0.29, 0.717) is 30.7 Å². The lowest BCUT2D eigenvalue weighted by molar-refractivity contribution is -0.112. The van der Waals surface area contributed by atoms with Crippen LogP contribution >= 0.6 is 22.9 Å². The number of hydrogen-bond donors (Lipinski definition) is 1. The summed E-state index contributed by atoms with van der Waals surface area (Å²) in [7, 11) is 5.49. The molecule has 4 rings (SSSR count). The van der Waals surface area contributed by atoms with Crippen molar-refractivity contribution >= 4 is 46.0 Å². The summed E-state index contributed by atoms with van der Waals surface area (Å²) >= 11 is 7.16. The largest absolute Gasteiger partial charge is 0.434 e. The molecule has 2 aromatic rings. The Balaban J connectivity index is 1.76. The molecule has 1 aromatic carbocycles. The van der Waals surface area contributed by atoms with Crippen molar-refractivity contribution in [3.8, 4) is 17.0 Å². The SMILES string of the molecule is C=C/C=N\C(=C(\C=C)C(=O)Nc1sc(C(=O)N2C[C@H]3CN(C)C[C@H]3C2)nc1-c1cc(Cl)ccc1OC(F)F)N(C)C. The number of thiazole rings is 1. The number of carbonyl (C=O) groups is 2. The predicted octanol–water partition coefficient (Wildman–Crippen LogP) is 4.85. The molecule has 9 nitrogen and oxygen atoms in total. The van der Waals surface area contributed by atoms with Crippen LogP contribution in [0, 0.1) is 11.8 Å². The van der Waals surface area contributed by atoms with E-state index in [2.05, 4.69) is 40.4 Å². The van der Waals surface area contributed by atoms with E-state index in [1.165, 1.54) is 36.6 Å². The summed E-state index contributed by atoms with van der Waals surface area (Å²) in [6.07, 6.45) is 4.25. The van der Waals surface area contributed by atoms with Gasteiger partial charge in [0.1, 0.15) is 22.3 Å². The summed E-state index contributed by atoms with van der Waals surface area (Å²) in [6, 6.07) is 4.09. The van der Waals surface area contributed by atoms with Gasteiger partial charge in [-0.05, 0) is 37.1 Å². The number of nitrogens with one attached hydrogen (secondary N) is 1. The number of aliphatic imine (C=N–C) groups is 1. The third kappa shape index (κ3) is 6.83. The topological polar surface area (TPSA) is 90.4 Å². The minimum atomic E-state index is -3.12. The van der Waals surface area contributed by atoms with E-state index in [1.807, 2.05) is 0 Å². The molecule has 0 unspecified atom stereocenters. The highest BCUT2D eigenvalue weighted by atomic mass is 35.5. The van der Waals surface area contributed by atoms with Crippen LogP contribution < -0.4 is 10.1 Å². The van der Waals surface area contributed by atoms with Crippen LogP contribution in [0.2, 0.25) is 5.02 Å². The number of amides is 2. The first-order chi connectivity index (χ1) is 19.5. The highest BCUT2D eigenvalue weighted by Crippen LogP contribution is 2.41. The Morgan fingerprint density at radius 3 is 2.51 bits per heavy atom. The van der Waals surface area contributed by atoms with Crippen molar-refractivity contribution in [2.24, 2.45) is 16.8 Å². The number of likely N-dealkylation sites (tertiary alicyclic amines) is 2. The van der Waals surface area contributed by atoms with Crippen LogP contribution in [-0.2, 0) is 4.79 Å². The number of anilines is 1. The lowest BCUT2D eigenvalue weighted by Crippen LogP contribution is -2.32. The molecular formula is C28H31ClF2N6O3S. The summed E-state index contributed by atoms with van der Waals surface area (Å²) < 4.78 is 31.3. The van der Waals surface area contributed by atoms with Crippen molar-refractivity contribution in [1.29, 1.82) is 0 Å². The fourth-order valence-electron chi connectivity index (χ4n) is 5.10. The third-order valence-corrected chi connectivity index (χ3v) is 8.02. The Morgan fingerprint density at radius 1 is 1.24 bits per heavy atom. The standard InChI is InChI=1S/C28H31ClF2N6O3S/c1-6-10-32-23(35(3)4)19(7-2)24(38)34-25-22(20-11-18(29)8-9-21(20)40-28(30)31)33-26(41-25)27(39)37-14-16-12-36(5)13-17(16)15-37/h6-11,16-17,28H,1-2,12-15H2,3-5H3,(H,34,38)/b23-19+,32-10-/t16-,17+. The quantitative estimate of drug-likeness (QED) is 0.237. The summed E-state index contributed by atoms with van der Waals surface area (Å²) in [5, 5.41) is 3.28. The van der Waals surface area contributed by atoms with Gasteiger partial charge in [-0.2, -0.15) is 8.78 Å². The Morgan fingerprint density at radius 2 is 1.93 bits per heavy atom. The van der Waals surface area contributed by atoms with Crippen molar-refractivity contribution in [1.82, 2.24) is 19.7 Å². The summed E-state index contributed by atoms with van der Waals surface area (Å²) in [5.74, 6) is -0.0308. The summed E-state index contributed by atoms with van der Waals surface area (Å²) in [6.45, 7) is 7.26. The molecule has 2 aliphatic rings. The van der Waals surface area contributed by atoms with Crippen LogP contribution in [0.5, 0.6) is 5.75 Å². The van der Waals surface area contributed by atoms with Gasteiger partial charge >= 0.3 is 6.61 Å². The average molecular weight is 605 g/mol. The number of allylic oxidation sites excluding steroid dienone is 1. The first-order valence-electron chi connectivity index (χ1n) is 12.8. The van der Waals surface area contributed by atoms with Crippen molar-refractivity contribution < 1.29 is 23.1 Å². The zero-order chi connectivity index (χ0) is 29.8. The van der Waals surface area contributed by atoms with Gasteiger partial charge < -0.3 is 24.8 Å². The van der Waals surface area contributed by atoms with Gasteiger partial charge in [0.25, 0.3) is 11.8 Å².